The van der Waals surface area contributed by atoms with Gasteiger partial charge in [-0.1, -0.05) is 31.2 Å². The second-order valence-corrected chi connectivity index (χ2v) is 3.39. The summed E-state index contributed by atoms with van der Waals surface area (Å²) < 4.78 is 0. The van der Waals surface area contributed by atoms with Gasteiger partial charge in [-0.3, -0.25) is 0 Å². The number of hydrogen-bond acceptors (Lipinski definition) is 1. The molecule has 0 spiro atoms. The number of H-pyrrole nitrogens is 1. The zero-order chi connectivity index (χ0) is 9.80. The molecule has 1 heterocycles. The quantitative estimate of drug-likeness (QED) is 0.784. The summed E-state index contributed by atoms with van der Waals surface area (Å²) in [5.74, 6) is 1.03. The Bertz CT molecular complexity index is 390. The maximum atomic E-state index is 4.21. The Morgan fingerprint density at radius 2 is 2.14 bits per heavy atom. The average molecular weight is 186 g/mol. The van der Waals surface area contributed by atoms with Gasteiger partial charge in [0.2, 0.25) is 0 Å². The van der Waals surface area contributed by atoms with Gasteiger partial charge in [0, 0.05) is 18.8 Å². The van der Waals surface area contributed by atoms with Crippen LogP contribution >= 0.6 is 0 Å². The van der Waals surface area contributed by atoms with Gasteiger partial charge in [-0.15, -0.1) is 0 Å². The highest BCUT2D eigenvalue weighted by molar-refractivity contribution is 5.25. The Labute approximate surface area is 84.0 Å². The lowest BCUT2D eigenvalue weighted by Gasteiger charge is -2.01. The number of nitrogens with zero attached hydrogens (tertiary/aromatic N) is 1. The Hall–Kier alpha value is -1.57. The highest BCUT2D eigenvalue weighted by atomic mass is 14.9. The van der Waals surface area contributed by atoms with Crippen molar-refractivity contribution >= 4 is 0 Å². The fourth-order valence-corrected chi connectivity index (χ4v) is 1.55. The van der Waals surface area contributed by atoms with Gasteiger partial charge in [-0.2, -0.15) is 0 Å². The summed E-state index contributed by atoms with van der Waals surface area (Å²) in [4.78, 5) is 7.32. The number of aryl methyl sites for hydroxylation is 1. The summed E-state index contributed by atoms with van der Waals surface area (Å²) in [7, 11) is 0. The largest absolute Gasteiger partial charge is 0.348 e. The van der Waals surface area contributed by atoms with Gasteiger partial charge >= 0.3 is 0 Å². The molecule has 0 unspecified atom stereocenters. The lowest BCUT2D eigenvalue weighted by atomic mass is 10.1. The first kappa shape index (κ1) is 9.00. The van der Waals surface area contributed by atoms with E-state index in [2.05, 4.69) is 41.2 Å². The monoisotopic (exact) mass is 186 g/mol. The van der Waals surface area contributed by atoms with Crippen LogP contribution in [0.4, 0.5) is 0 Å². The second kappa shape index (κ2) is 4.09. The molecule has 0 amide bonds. The lowest BCUT2D eigenvalue weighted by molar-refractivity contribution is 1.02. The van der Waals surface area contributed by atoms with Crippen LogP contribution in [0, 0.1) is 0 Å². The smallest absolute Gasteiger partial charge is 0.110 e. The highest BCUT2D eigenvalue weighted by Crippen LogP contribution is 2.09. The minimum atomic E-state index is 0.890. The molecule has 2 rings (SSSR count). The molecule has 0 aliphatic rings. The van der Waals surface area contributed by atoms with Gasteiger partial charge in [-0.05, 0) is 17.5 Å². The van der Waals surface area contributed by atoms with Crippen LogP contribution < -0.4 is 0 Å². The summed E-state index contributed by atoms with van der Waals surface area (Å²) in [6, 6.07) is 8.65. The van der Waals surface area contributed by atoms with Crippen molar-refractivity contribution in [1.29, 1.82) is 0 Å². The molecule has 0 atom stereocenters. The number of hydrogen-bond donors (Lipinski definition) is 1. The molecule has 2 heteroatoms. The Morgan fingerprint density at radius 3 is 2.86 bits per heavy atom. The predicted octanol–water partition coefficient (Wildman–Crippen LogP) is 2.56. The van der Waals surface area contributed by atoms with Crippen LogP contribution in [0.1, 0.15) is 23.9 Å². The molecule has 0 saturated carbocycles. The number of imidazole rings is 1. The first-order valence-electron chi connectivity index (χ1n) is 4.94. The third-order valence-corrected chi connectivity index (χ3v) is 2.33. The molecule has 2 aromatic rings. The fourth-order valence-electron chi connectivity index (χ4n) is 1.55. The van der Waals surface area contributed by atoms with Crippen LogP contribution in [-0.4, -0.2) is 9.97 Å². The van der Waals surface area contributed by atoms with E-state index < -0.39 is 0 Å². The number of nitrogens with one attached hydrogen (secondary N) is 1. The molecule has 0 aliphatic carbocycles. The number of rotatable bonds is 3. The van der Waals surface area contributed by atoms with E-state index in [-0.39, 0.29) is 0 Å². The molecule has 0 bridgehead atoms. The van der Waals surface area contributed by atoms with Gasteiger partial charge in [0.1, 0.15) is 5.82 Å². The first-order chi connectivity index (χ1) is 6.88. The van der Waals surface area contributed by atoms with E-state index >= 15 is 0 Å². The van der Waals surface area contributed by atoms with Gasteiger partial charge < -0.3 is 4.98 Å². The molecular weight excluding hydrogens is 172 g/mol. The van der Waals surface area contributed by atoms with Gasteiger partial charge in [0.15, 0.2) is 0 Å². The lowest BCUT2D eigenvalue weighted by Crippen LogP contribution is -1.91. The molecule has 1 aromatic carbocycles. The topological polar surface area (TPSA) is 28.7 Å². The molecule has 0 saturated heterocycles. The summed E-state index contributed by atoms with van der Waals surface area (Å²) >= 11 is 0. The highest BCUT2D eigenvalue weighted by Gasteiger charge is 1.98. The zero-order valence-electron chi connectivity index (χ0n) is 8.33. The minimum Gasteiger partial charge on any atom is -0.348 e. The first-order valence-corrected chi connectivity index (χ1v) is 4.94. The molecule has 14 heavy (non-hydrogen) atoms. The third kappa shape index (κ3) is 2.02. The maximum absolute atomic E-state index is 4.21. The van der Waals surface area contributed by atoms with Crippen LogP contribution in [0.25, 0.3) is 0 Å². The summed E-state index contributed by atoms with van der Waals surface area (Å²) in [5, 5.41) is 0. The molecule has 2 nitrogen and oxygen atoms in total. The van der Waals surface area contributed by atoms with E-state index in [0.29, 0.717) is 0 Å². The van der Waals surface area contributed by atoms with Crippen LogP contribution in [-0.2, 0) is 12.8 Å². The normalized spacial score (nSPS) is 10.4. The van der Waals surface area contributed by atoms with E-state index in [1.807, 2.05) is 6.20 Å². The van der Waals surface area contributed by atoms with Gasteiger partial charge in [0.25, 0.3) is 0 Å². The van der Waals surface area contributed by atoms with Crippen LogP contribution in [0.15, 0.2) is 36.7 Å². The van der Waals surface area contributed by atoms with E-state index in [1.165, 1.54) is 11.1 Å². The van der Waals surface area contributed by atoms with E-state index in [0.717, 1.165) is 18.7 Å². The molecule has 0 radical (unpaired) electrons. The van der Waals surface area contributed by atoms with E-state index in [1.54, 1.807) is 6.20 Å². The van der Waals surface area contributed by atoms with Crippen molar-refractivity contribution in [1.82, 2.24) is 9.97 Å². The Morgan fingerprint density at radius 1 is 1.29 bits per heavy atom. The van der Waals surface area contributed by atoms with Gasteiger partial charge in [-0.25, -0.2) is 4.98 Å². The summed E-state index contributed by atoms with van der Waals surface area (Å²) in [6.45, 7) is 2.17. The average Bonchev–Trinajstić information content (AvgIpc) is 2.71. The molecule has 1 N–H and O–H groups in total. The summed E-state index contributed by atoms with van der Waals surface area (Å²) in [6.07, 6.45) is 5.63. The van der Waals surface area contributed by atoms with Crippen LogP contribution in [0.2, 0.25) is 0 Å². The molecule has 0 aliphatic heterocycles. The van der Waals surface area contributed by atoms with Crippen molar-refractivity contribution in [2.75, 3.05) is 0 Å². The Balaban J connectivity index is 2.17. The van der Waals surface area contributed by atoms with E-state index in [9.17, 15) is 0 Å². The minimum absolute atomic E-state index is 0.890. The summed E-state index contributed by atoms with van der Waals surface area (Å²) in [5.41, 5.74) is 2.70. The molecule has 72 valence electrons. The van der Waals surface area contributed by atoms with Crippen LogP contribution in [0.5, 0.6) is 0 Å². The Kier molecular flexibility index (Phi) is 2.63. The second-order valence-electron chi connectivity index (χ2n) is 3.39. The fraction of sp³-hybridized carbons (Fsp3) is 0.250. The number of benzene rings is 1. The van der Waals surface area contributed by atoms with Crippen molar-refractivity contribution < 1.29 is 0 Å². The van der Waals surface area contributed by atoms with Gasteiger partial charge in [0.05, 0.1) is 0 Å². The standard InChI is InChI=1S/C12H14N2/c1-2-10-4-3-5-11(8-10)9-12-13-6-7-14-12/h3-8H,2,9H2,1H3,(H,13,14). The molecule has 0 fully saturated rings. The van der Waals surface area contributed by atoms with Crippen molar-refractivity contribution in [3.8, 4) is 0 Å². The SMILES string of the molecule is CCc1cccc(Cc2ncc[nH]2)c1. The zero-order valence-corrected chi connectivity index (χ0v) is 8.33. The van der Waals surface area contributed by atoms with Crippen molar-refractivity contribution in [3.05, 3.63) is 53.6 Å². The number of aromatic amines is 1. The molecule has 1 aromatic heterocycles. The van der Waals surface area contributed by atoms with Crippen molar-refractivity contribution in [2.45, 2.75) is 19.8 Å². The van der Waals surface area contributed by atoms with E-state index in [4.69, 9.17) is 0 Å². The third-order valence-electron chi connectivity index (χ3n) is 2.33. The maximum Gasteiger partial charge on any atom is 0.110 e. The predicted molar refractivity (Wildman–Crippen MR) is 57.2 cm³/mol. The van der Waals surface area contributed by atoms with Crippen LogP contribution in [0.3, 0.4) is 0 Å². The molecular formula is C12H14N2. The van der Waals surface area contributed by atoms with Crippen molar-refractivity contribution in [2.24, 2.45) is 0 Å². The van der Waals surface area contributed by atoms with Crippen molar-refractivity contribution in [3.63, 3.8) is 0 Å². The number of aromatic nitrogens is 2.